The lowest BCUT2D eigenvalue weighted by atomic mass is 10.1. The SMILES string of the molecule is Cn1cccc1C1CCCCCN1C(=O)c1csc(-c2ccc(F)cc2)n1. The number of amides is 1. The van der Waals surface area contributed by atoms with Crippen molar-refractivity contribution in [1.82, 2.24) is 14.5 Å². The average Bonchev–Trinajstić information content (AvgIpc) is 3.25. The number of carbonyl (C=O) groups excluding carboxylic acids is 1. The lowest BCUT2D eigenvalue weighted by molar-refractivity contribution is 0.0669. The number of aryl methyl sites for hydroxylation is 1. The third-order valence-electron chi connectivity index (χ3n) is 5.15. The first kappa shape index (κ1) is 17.9. The first-order chi connectivity index (χ1) is 13.1. The number of benzene rings is 1. The van der Waals surface area contributed by atoms with Gasteiger partial charge in [-0.15, -0.1) is 11.3 Å². The molecule has 1 aromatic carbocycles. The van der Waals surface area contributed by atoms with Gasteiger partial charge in [0, 0.05) is 36.4 Å². The third kappa shape index (κ3) is 3.67. The molecule has 1 amide bonds. The van der Waals surface area contributed by atoms with Crippen molar-refractivity contribution in [2.45, 2.75) is 31.7 Å². The number of halogens is 1. The minimum absolute atomic E-state index is 0.0206. The van der Waals surface area contributed by atoms with Crippen molar-refractivity contribution < 1.29 is 9.18 Å². The average molecular weight is 383 g/mol. The molecule has 4 nitrogen and oxygen atoms in total. The minimum atomic E-state index is -0.276. The van der Waals surface area contributed by atoms with E-state index >= 15 is 0 Å². The first-order valence-electron chi connectivity index (χ1n) is 9.27. The van der Waals surface area contributed by atoms with Gasteiger partial charge < -0.3 is 9.47 Å². The highest BCUT2D eigenvalue weighted by atomic mass is 32.1. The lowest BCUT2D eigenvalue weighted by Gasteiger charge is -2.30. The number of thiazole rings is 1. The van der Waals surface area contributed by atoms with Crippen molar-refractivity contribution in [1.29, 1.82) is 0 Å². The molecule has 0 bridgehead atoms. The molecule has 0 spiro atoms. The Labute approximate surface area is 162 Å². The van der Waals surface area contributed by atoms with E-state index in [1.807, 2.05) is 29.6 Å². The van der Waals surface area contributed by atoms with E-state index in [9.17, 15) is 9.18 Å². The fraction of sp³-hybridized carbons (Fsp3) is 0.333. The van der Waals surface area contributed by atoms with Gasteiger partial charge in [0.15, 0.2) is 0 Å². The predicted octanol–water partition coefficient (Wildman–Crippen LogP) is 5.05. The molecule has 140 valence electrons. The number of carbonyl (C=O) groups is 1. The maximum atomic E-state index is 13.3. The van der Waals surface area contributed by atoms with Crippen LogP contribution in [0.15, 0.2) is 48.0 Å². The zero-order valence-electron chi connectivity index (χ0n) is 15.3. The van der Waals surface area contributed by atoms with E-state index in [1.54, 1.807) is 12.1 Å². The smallest absolute Gasteiger partial charge is 0.273 e. The second-order valence-electron chi connectivity index (χ2n) is 6.95. The summed E-state index contributed by atoms with van der Waals surface area (Å²) in [7, 11) is 2.03. The third-order valence-corrected chi connectivity index (χ3v) is 6.04. The van der Waals surface area contributed by atoms with Gasteiger partial charge in [0.05, 0.1) is 6.04 Å². The largest absolute Gasteiger partial charge is 0.353 e. The summed E-state index contributed by atoms with van der Waals surface area (Å²) in [6.45, 7) is 0.748. The fourth-order valence-electron chi connectivity index (χ4n) is 3.72. The van der Waals surface area contributed by atoms with Crippen LogP contribution in [0.25, 0.3) is 10.6 Å². The van der Waals surface area contributed by atoms with Gasteiger partial charge in [0.2, 0.25) is 0 Å². The number of hydrogen-bond donors (Lipinski definition) is 0. The van der Waals surface area contributed by atoms with Crippen LogP contribution >= 0.6 is 11.3 Å². The maximum absolute atomic E-state index is 13.3. The number of rotatable bonds is 3. The zero-order valence-corrected chi connectivity index (χ0v) is 16.1. The molecule has 2 aromatic heterocycles. The fourth-order valence-corrected chi connectivity index (χ4v) is 4.52. The summed E-state index contributed by atoms with van der Waals surface area (Å²) in [5, 5.41) is 2.55. The van der Waals surface area contributed by atoms with E-state index in [1.165, 1.54) is 29.2 Å². The van der Waals surface area contributed by atoms with E-state index in [0.717, 1.165) is 42.8 Å². The molecule has 1 saturated heterocycles. The number of aromatic nitrogens is 2. The molecule has 0 N–H and O–H groups in total. The van der Waals surface area contributed by atoms with Crippen molar-refractivity contribution in [3.8, 4) is 10.6 Å². The van der Waals surface area contributed by atoms with Gasteiger partial charge in [0.25, 0.3) is 5.91 Å². The van der Waals surface area contributed by atoms with E-state index in [0.29, 0.717) is 5.69 Å². The zero-order chi connectivity index (χ0) is 18.8. The van der Waals surface area contributed by atoms with Gasteiger partial charge in [-0.25, -0.2) is 9.37 Å². The Morgan fingerprint density at radius 1 is 1.19 bits per heavy atom. The molecule has 4 rings (SSSR count). The Balaban J connectivity index is 1.62. The monoisotopic (exact) mass is 383 g/mol. The van der Waals surface area contributed by atoms with Gasteiger partial charge in [0.1, 0.15) is 16.5 Å². The van der Waals surface area contributed by atoms with E-state index < -0.39 is 0 Å². The summed E-state index contributed by atoms with van der Waals surface area (Å²) < 4.78 is 15.2. The molecule has 1 fully saturated rings. The molecule has 1 atom stereocenters. The quantitative estimate of drug-likeness (QED) is 0.635. The van der Waals surface area contributed by atoms with Gasteiger partial charge in [-0.05, 0) is 49.2 Å². The summed E-state index contributed by atoms with van der Waals surface area (Å²) in [5.74, 6) is -0.297. The van der Waals surface area contributed by atoms with Crippen LogP contribution in [0.3, 0.4) is 0 Å². The van der Waals surface area contributed by atoms with Crippen LogP contribution in [0.1, 0.15) is 47.9 Å². The van der Waals surface area contributed by atoms with Crippen molar-refractivity contribution in [3.05, 3.63) is 65.2 Å². The van der Waals surface area contributed by atoms with Crippen LogP contribution < -0.4 is 0 Å². The normalized spacial score (nSPS) is 17.7. The van der Waals surface area contributed by atoms with Crippen LogP contribution in [0, 0.1) is 5.82 Å². The molecule has 3 aromatic rings. The van der Waals surface area contributed by atoms with E-state index in [2.05, 4.69) is 15.6 Å². The molecule has 3 heterocycles. The summed E-state index contributed by atoms with van der Waals surface area (Å²) in [5.41, 5.74) is 2.47. The van der Waals surface area contributed by atoms with Crippen LogP contribution in [0.2, 0.25) is 0 Å². The standard InChI is InChI=1S/C21H22FN3OS/c1-24-12-5-7-18(24)19-6-3-2-4-13-25(19)21(26)17-14-27-20(23-17)15-8-10-16(22)11-9-15/h5,7-12,14,19H,2-4,6,13H2,1H3. The summed E-state index contributed by atoms with van der Waals surface area (Å²) in [6, 6.07) is 10.4. The predicted molar refractivity (Wildman–Crippen MR) is 105 cm³/mol. The molecule has 0 radical (unpaired) electrons. The molecule has 1 aliphatic rings. The molecule has 1 aliphatic heterocycles. The van der Waals surface area contributed by atoms with Gasteiger partial charge in [-0.3, -0.25) is 4.79 Å². The van der Waals surface area contributed by atoms with Crippen molar-refractivity contribution in [2.75, 3.05) is 6.54 Å². The second-order valence-corrected chi connectivity index (χ2v) is 7.81. The van der Waals surface area contributed by atoms with E-state index in [-0.39, 0.29) is 17.8 Å². The molecule has 1 unspecified atom stereocenters. The Morgan fingerprint density at radius 3 is 2.74 bits per heavy atom. The molecule has 27 heavy (non-hydrogen) atoms. The molecule has 6 heteroatoms. The van der Waals surface area contributed by atoms with E-state index in [4.69, 9.17) is 0 Å². The molecular formula is C21H22FN3OS. The highest BCUT2D eigenvalue weighted by Gasteiger charge is 2.30. The number of hydrogen-bond acceptors (Lipinski definition) is 3. The molecular weight excluding hydrogens is 361 g/mol. The maximum Gasteiger partial charge on any atom is 0.273 e. The number of likely N-dealkylation sites (tertiary alicyclic amines) is 1. The molecule has 0 aliphatic carbocycles. The summed E-state index contributed by atoms with van der Waals surface area (Å²) >= 11 is 1.42. The lowest BCUT2D eigenvalue weighted by Crippen LogP contribution is -2.35. The molecule has 0 saturated carbocycles. The first-order valence-corrected chi connectivity index (χ1v) is 10.1. The minimum Gasteiger partial charge on any atom is -0.353 e. The van der Waals surface area contributed by atoms with Crippen molar-refractivity contribution in [3.63, 3.8) is 0 Å². The summed E-state index contributed by atoms with van der Waals surface area (Å²) in [4.78, 5) is 19.8. The van der Waals surface area contributed by atoms with Crippen LogP contribution in [-0.4, -0.2) is 26.9 Å². The Hall–Kier alpha value is -2.47. The topological polar surface area (TPSA) is 38.1 Å². The Kier molecular flexibility index (Phi) is 5.07. The summed E-state index contributed by atoms with van der Waals surface area (Å²) in [6.07, 6.45) is 6.28. The van der Waals surface area contributed by atoms with Crippen molar-refractivity contribution >= 4 is 17.2 Å². The van der Waals surface area contributed by atoms with Crippen molar-refractivity contribution in [2.24, 2.45) is 7.05 Å². The van der Waals surface area contributed by atoms with Crippen LogP contribution in [0.5, 0.6) is 0 Å². The Bertz CT molecular complexity index is 931. The highest BCUT2D eigenvalue weighted by molar-refractivity contribution is 7.13. The number of nitrogens with zero attached hydrogens (tertiary/aromatic N) is 3. The van der Waals surface area contributed by atoms with Gasteiger partial charge >= 0.3 is 0 Å². The van der Waals surface area contributed by atoms with Crippen LogP contribution in [-0.2, 0) is 7.05 Å². The Morgan fingerprint density at radius 2 is 2.00 bits per heavy atom. The highest BCUT2D eigenvalue weighted by Crippen LogP contribution is 2.32. The van der Waals surface area contributed by atoms with Gasteiger partial charge in [-0.1, -0.05) is 12.8 Å². The van der Waals surface area contributed by atoms with Crippen LogP contribution in [0.4, 0.5) is 4.39 Å². The second kappa shape index (κ2) is 7.64. The van der Waals surface area contributed by atoms with Gasteiger partial charge in [-0.2, -0.15) is 0 Å².